The van der Waals surface area contributed by atoms with Gasteiger partial charge in [0.15, 0.2) is 0 Å². The maximum atomic E-state index is 10.2. The molecule has 0 aliphatic carbocycles. The number of aromatic hydroxyl groups is 1. The fourth-order valence-electron chi connectivity index (χ4n) is 2.53. The van der Waals surface area contributed by atoms with Crippen LogP contribution in [0.5, 0.6) is 5.88 Å². The molecule has 0 atom stereocenters. The lowest BCUT2D eigenvalue weighted by Gasteiger charge is -2.09. The zero-order valence-electron chi connectivity index (χ0n) is 11.5. The first-order chi connectivity index (χ1) is 9.68. The van der Waals surface area contributed by atoms with Gasteiger partial charge in [-0.15, -0.1) is 5.10 Å². The predicted molar refractivity (Wildman–Crippen MR) is 80.5 cm³/mol. The van der Waals surface area contributed by atoms with Gasteiger partial charge in [-0.25, -0.2) is 0 Å². The molecule has 0 aliphatic rings. The Balaban J connectivity index is 2.30. The average Bonchev–Trinajstić information content (AvgIpc) is 2.75. The third kappa shape index (κ3) is 1.97. The number of hydrogen-bond acceptors (Lipinski definition) is 2. The molecule has 3 heteroatoms. The second kappa shape index (κ2) is 4.85. The quantitative estimate of drug-likeness (QED) is 0.765. The molecule has 0 fully saturated rings. The summed E-state index contributed by atoms with van der Waals surface area (Å²) >= 11 is 0. The van der Waals surface area contributed by atoms with Crippen LogP contribution in [0.3, 0.4) is 0 Å². The Bertz CT molecular complexity index is 745. The molecule has 0 saturated carbocycles. The Morgan fingerprint density at radius 3 is 2.30 bits per heavy atom. The van der Waals surface area contributed by atoms with E-state index in [0.717, 1.165) is 27.9 Å². The number of nitrogens with zero attached hydrogens (tertiary/aromatic N) is 2. The number of aromatic nitrogens is 2. The Hall–Kier alpha value is -2.55. The largest absolute Gasteiger partial charge is 0.492 e. The first kappa shape index (κ1) is 12.5. The molecule has 0 radical (unpaired) electrons. The van der Waals surface area contributed by atoms with Gasteiger partial charge in [0.1, 0.15) is 0 Å². The van der Waals surface area contributed by atoms with Crippen molar-refractivity contribution >= 4 is 0 Å². The highest BCUT2D eigenvalue weighted by Gasteiger charge is 2.19. The van der Waals surface area contributed by atoms with E-state index >= 15 is 0 Å². The Kier molecular flexibility index (Phi) is 3.03. The van der Waals surface area contributed by atoms with Gasteiger partial charge in [-0.05, 0) is 18.1 Å². The molecule has 20 heavy (non-hydrogen) atoms. The highest BCUT2D eigenvalue weighted by atomic mass is 16.3. The number of rotatable bonds is 2. The lowest BCUT2D eigenvalue weighted by Crippen LogP contribution is -1.96. The summed E-state index contributed by atoms with van der Waals surface area (Å²) in [6.45, 7) is 2.06. The van der Waals surface area contributed by atoms with E-state index in [1.807, 2.05) is 49.5 Å². The molecule has 0 aliphatic heterocycles. The van der Waals surface area contributed by atoms with Crippen LogP contribution in [0.15, 0.2) is 54.6 Å². The third-order valence-electron chi connectivity index (χ3n) is 3.49. The molecule has 3 aromatic rings. The van der Waals surface area contributed by atoms with Crippen LogP contribution < -0.4 is 0 Å². The van der Waals surface area contributed by atoms with Gasteiger partial charge in [-0.1, -0.05) is 54.6 Å². The van der Waals surface area contributed by atoms with E-state index in [1.54, 1.807) is 4.68 Å². The van der Waals surface area contributed by atoms with E-state index in [4.69, 9.17) is 0 Å². The van der Waals surface area contributed by atoms with Gasteiger partial charge in [-0.2, -0.15) is 0 Å². The van der Waals surface area contributed by atoms with Crippen molar-refractivity contribution in [3.8, 4) is 28.3 Å². The maximum Gasteiger partial charge on any atom is 0.238 e. The van der Waals surface area contributed by atoms with Crippen molar-refractivity contribution in [2.24, 2.45) is 7.05 Å². The standard InChI is InChI=1S/C17H16N2O/c1-12-8-6-7-11-14(12)16-15(17(20)18-19(16)2)13-9-4-3-5-10-13/h3-11H,1-2H3,(H,18,20). The van der Waals surface area contributed by atoms with Crippen LogP contribution in [-0.2, 0) is 7.05 Å². The van der Waals surface area contributed by atoms with Gasteiger partial charge in [0.05, 0.1) is 11.3 Å². The molecule has 100 valence electrons. The molecule has 2 aromatic carbocycles. The maximum absolute atomic E-state index is 10.2. The Morgan fingerprint density at radius 2 is 1.60 bits per heavy atom. The second-order valence-corrected chi connectivity index (χ2v) is 4.85. The summed E-state index contributed by atoms with van der Waals surface area (Å²) in [6, 6.07) is 18.0. The molecule has 0 amide bonds. The van der Waals surface area contributed by atoms with Crippen LogP contribution in [0.1, 0.15) is 5.56 Å². The molecular weight excluding hydrogens is 248 g/mol. The lowest BCUT2D eigenvalue weighted by atomic mass is 9.98. The number of aryl methyl sites for hydroxylation is 2. The molecule has 0 saturated heterocycles. The van der Waals surface area contributed by atoms with Gasteiger partial charge in [0, 0.05) is 12.6 Å². The van der Waals surface area contributed by atoms with Crippen LogP contribution >= 0.6 is 0 Å². The SMILES string of the molecule is Cc1ccccc1-c1c(-c2ccccc2)c(O)nn1C. The molecule has 0 unspecified atom stereocenters. The minimum atomic E-state index is 0.0666. The van der Waals surface area contributed by atoms with E-state index in [1.165, 1.54) is 0 Å². The van der Waals surface area contributed by atoms with Gasteiger partial charge in [0.2, 0.25) is 5.88 Å². The van der Waals surface area contributed by atoms with Gasteiger partial charge in [-0.3, -0.25) is 4.68 Å². The molecule has 1 aromatic heterocycles. The molecule has 0 spiro atoms. The van der Waals surface area contributed by atoms with Crippen LogP contribution in [0.25, 0.3) is 22.4 Å². The minimum absolute atomic E-state index is 0.0666. The third-order valence-corrected chi connectivity index (χ3v) is 3.49. The summed E-state index contributed by atoms with van der Waals surface area (Å²) in [7, 11) is 1.86. The smallest absolute Gasteiger partial charge is 0.238 e. The summed E-state index contributed by atoms with van der Waals surface area (Å²) < 4.78 is 1.74. The summed E-state index contributed by atoms with van der Waals surface area (Å²) in [4.78, 5) is 0. The summed E-state index contributed by atoms with van der Waals surface area (Å²) in [5.74, 6) is 0.0666. The first-order valence-electron chi connectivity index (χ1n) is 6.56. The van der Waals surface area contributed by atoms with Gasteiger partial charge in [0.25, 0.3) is 0 Å². The zero-order valence-corrected chi connectivity index (χ0v) is 11.5. The second-order valence-electron chi connectivity index (χ2n) is 4.85. The van der Waals surface area contributed by atoms with Crippen LogP contribution in [0.4, 0.5) is 0 Å². The molecule has 3 nitrogen and oxygen atoms in total. The molecular formula is C17H16N2O. The Morgan fingerprint density at radius 1 is 0.950 bits per heavy atom. The predicted octanol–water partition coefficient (Wildman–Crippen LogP) is 3.77. The normalized spacial score (nSPS) is 10.7. The molecule has 1 N–H and O–H groups in total. The Labute approximate surface area is 118 Å². The highest BCUT2D eigenvalue weighted by Crippen LogP contribution is 2.38. The lowest BCUT2D eigenvalue weighted by molar-refractivity contribution is 0.446. The van der Waals surface area contributed by atoms with Crippen molar-refractivity contribution in [3.05, 3.63) is 60.2 Å². The van der Waals surface area contributed by atoms with Crippen molar-refractivity contribution in [1.29, 1.82) is 0 Å². The number of hydrogen-bond donors (Lipinski definition) is 1. The van der Waals surface area contributed by atoms with Crippen LogP contribution in [0, 0.1) is 6.92 Å². The van der Waals surface area contributed by atoms with Crippen LogP contribution in [-0.4, -0.2) is 14.9 Å². The fourth-order valence-corrected chi connectivity index (χ4v) is 2.53. The van der Waals surface area contributed by atoms with Gasteiger partial charge < -0.3 is 5.11 Å². The first-order valence-corrected chi connectivity index (χ1v) is 6.56. The minimum Gasteiger partial charge on any atom is -0.492 e. The van der Waals surface area contributed by atoms with E-state index < -0.39 is 0 Å². The zero-order chi connectivity index (χ0) is 14.1. The highest BCUT2D eigenvalue weighted by molar-refractivity contribution is 5.85. The summed E-state index contributed by atoms with van der Waals surface area (Å²) in [5.41, 5.74) is 4.93. The van der Waals surface area contributed by atoms with E-state index in [0.29, 0.717) is 0 Å². The van der Waals surface area contributed by atoms with Gasteiger partial charge >= 0.3 is 0 Å². The van der Waals surface area contributed by atoms with Crippen molar-refractivity contribution in [3.63, 3.8) is 0 Å². The molecule has 0 bridgehead atoms. The monoisotopic (exact) mass is 264 g/mol. The summed E-state index contributed by atoms with van der Waals surface area (Å²) in [5, 5.41) is 14.4. The van der Waals surface area contributed by atoms with E-state index in [2.05, 4.69) is 24.2 Å². The van der Waals surface area contributed by atoms with Crippen molar-refractivity contribution in [2.45, 2.75) is 6.92 Å². The summed E-state index contributed by atoms with van der Waals surface area (Å²) in [6.07, 6.45) is 0. The number of benzene rings is 2. The van der Waals surface area contributed by atoms with Crippen molar-refractivity contribution in [2.75, 3.05) is 0 Å². The van der Waals surface area contributed by atoms with Crippen molar-refractivity contribution in [1.82, 2.24) is 9.78 Å². The van der Waals surface area contributed by atoms with E-state index in [-0.39, 0.29) is 5.88 Å². The average molecular weight is 264 g/mol. The van der Waals surface area contributed by atoms with Crippen LogP contribution in [0.2, 0.25) is 0 Å². The molecule has 1 heterocycles. The molecule has 3 rings (SSSR count). The van der Waals surface area contributed by atoms with Crippen molar-refractivity contribution < 1.29 is 5.11 Å². The fraction of sp³-hybridized carbons (Fsp3) is 0.118. The van der Waals surface area contributed by atoms with E-state index in [9.17, 15) is 5.11 Å². The topological polar surface area (TPSA) is 38.1 Å².